The fourth-order valence-corrected chi connectivity index (χ4v) is 5.47. The molecule has 120 valence electrons. The van der Waals surface area contributed by atoms with Crippen LogP contribution in [0.25, 0.3) is 9.88 Å². The van der Waals surface area contributed by atoms with E-state index in [0.717, 1.165) is 29.1 Å². The van der Waals surface area contributed by atoms with Crippen molar-refractivity contribution in [1.82, 2.24) is 9.88 Å². The summed E-state index contributed by atoms with van der Waals surface area (Å²) in [4.78, 5) is 31.4. The first-order chi connectivity index (χ1) is 11.1. The molecule has 1 saturated heterocycles. The molecule has 1 amide bonds. The Labute approximate surface area is 141 Å². The van der Waals surface area contributed by atoms with Gasteiger partial charge in [-0.2, -0.15) is 0 Å². The van der Waals surface area contributed by atoms with Crippen molar-refractivity contribution in [3.05, 3.63) is 28.6 Å². The SMILES string of the molecule is O=C(O)C1C2CCCC2CN1C(=O)c1csc(-c2cccs2)n1. The van der Waals surface area contributed by atoms with E-state index < -0.39 is 12.0 Å². The summed E-state index contributed by atoms with van der Waals surface area (Å²) in [5.74, 6) is -0.699. The standard InChI is InChI=1S/C16H16N2O3S2/c19-15(11-8-23-14(17-11)12-5-2-6-22-12)18-7-9-3-1-4-10(9)13(18)16(20)21/h2,5-6,8-10,13H,1,3-4,7H2,(H,20,21). The van der Waals surface area contributed by atoms with Crippen LogP contribution in [-0.2, 0) is 4.79 Å². The molecule has 1 saturated carbocycles. The number of amides is 1. The zero-order valence-electron chi connectivity index (χ0n) is 12.3. The number of carboxylic acid groups (broad SMARTS) is 1. The van der Waals surface area contributed by atoms with E-state index in [1.807, 2.05) is 17.5 Å². The Bertz CT molecular complexity index is 740. The van der Waals surface area contributed by atoms with E-state index in [9.17, 15) is 14.7 Å². The summed E-state index contributed by atoms with van der Waals surface area (Å²) in [5.41, 5.74) is 0.365. The first-order valence-electron chi connectivity index (χ1n) is 7.68. The molecule has 3 atom stereocenters. The second kappa shape index (κ2) is 5.72. The number of aliphatic carboxylic acids is 1. The Morgan fingerprint density at radius 2 is 2.17 bits per heavy atom. The van der Waals surface area contributed by atoms with Crippen molar-refractivity contribution in [1.29, 1.82) is 0 Å². The van der Waals surface area contributed by atoms with Crippen LogP contribution in [0.1, 0.15) is 29.8 Å². The van der Waals surface area contributed by atoms with Crippen LogP contribution in [0.5, 0.6) is 0 Å². The number of thiazole rings is 1. The number of likely N-dealkylation sites (tertiary alicyclic amines) is 1. The Hall–Kier alpha value is -1.73. The largest absolute Gasteiger partial charge is 0.480 e. The molecule has 7 heteroatoms. The van der Waals surface area contributed by atoms with E-state index in [2.05, 4.69) is 4.98 Å². The molecule has 3 heterocycles. The summed E-state index contributed by atoms with van der Waals surface area (Å²) in [6.07, 6.45) is 3.00. The normalized spacial score (nSPS) is 26.4. The molecule has 0 aromatic carbocycles. The van der Waals surface area contributed by atoms with Crippen molar-refractivity contribution in [3.63, 3.8) is 0 Å². The number of hydrogen-bond acceptors (Lipinski definition) is 5. The van der Waals surface area contributed by atoms with Crippen molar-refractivity contribution < 1.29 is 14.7 Å². The topological polar surface area (TPSA) is 70.5 Å². The first kappa shape index (κ1) is 14.8. The number of fused-ring (bicyclic) bond motifs is 1. The monoisotopic (exact) mass is 348 g/mol. The molecule has 5 nitrogen and oxygen atoms in total. The maximum Gasteiger partial charge on any atom is 0.326 e. The highest BCUT2D eigenvalue weighted by atomic mass is 32.1. The number of rotatable bonds is 3. The number of carbonyl (C=O) groups excluding carboxylic acids is 1. The molecule has 2 aromatic heterocycles. The number of carbonyl (C=O) groups is 2. The van der Waals surface area contributed by atoms with E-state index in [-0.39, 0.29) is 11.8 Å². The van der Waals surface area contributed by atoms with Gasteiger partial charge in [0.1, 0.15) is 16.7 Å². The molecule has 2 aliphatic rings. The highest BCUT2D eigenvalue weighted by Crippen LogP contribution is 2.43. The summed E-state index contributed by atoms with van der Waals surface area (Å²) in [5, 5.41) is 14.1. The summed E-state index contributed by atoms with van der Waals surface area (Å²) in [6.45, 7) is 0.548. The summed E-state index contributed by atoms with van der Waals surface area (Å²) < 4.78 is 0. The zero-order valence-corrected chi connectivity index (χ0v) is 14.0. The van der Waals surface area contributed by atoms with Crippen LogP contribution in [0.15, 0.2) is 22.9 Å². The number of nitrogens with zero attached hydrogens (tertiary/aromatic N) is 2. The molecule has 0 bridgehead atoms. The maximum absolute atomic E-state index is 12.8. The summed E-state index contributed by atoms with van der Waals surface area (Å²) in [6, 6.07) is 3.23. The molecule has 23 heavy (non-hydrogen) atoms. The van der Waals surface area contributed by atoms with Crippen molar-refractivity contribution in [3.8, 4) is 9.88 Å². The van der Waals surface area contributed by atoms with E-state index in [4.69, 9.17) is 0 Å². The Morgan fingerprint density at radius 1 is 1.30 bits per heavy atom. The number of carboxylic acids is 1. The van der Waals surface area contributed by atoms with E-state index >= 15 is 0 Å². The quantitative estimate of drug-likeness (QED) is 0.925. The van der Waals surface area contributed by atoms with Crippen molar-refractivity contribution in [2.24, 2.45) is 11.8 Å². The lowest BCUT2D eigenvalue weighted by atomic mass is 9.94. The zero-order chi connectivity index (χ0) is 16.0. The molecule has 1 aliphatic heterocycles. The van der Waals surface area contributed by atoms with Crippen molar-refractivity contribution in [2.75, 3.05) is 6.54 Å². The van der Waals surface area contributed by atoms with Crippen molar-refractivity contribution in [2.45, 2.75) is 25.3 Å². The van der Waals surface area contributed by atoms with Gasteiger partial charge in [0, 0.05) is 11.9 Å². The Balaban J connectivity index is 1.60. The average molecular weight is 348 g/mol. The van der Waals surface area contributed by atoms with Crippen LogP contribution in [0.4, 0.5) is 0 Å². The first-order valence-corrected chi connectivity index (χ1v) is 9.44. The van der Waals surface area contributed by atoms with Gasteiger partial charge >= 0.3 is 5.97 Å². The van der Waals surface area contributed by atoms with Crippen LogP contribution in [-0.4, -0.2) is 39.5 Å². The van der Waals surface area contributed by atoms with Gasteiger partial charge < -0.3 is 10.0 Å². The third kappa shape index (κ3) is 2.48. The summed E-state index contributed by atoms with van der Waals surface area (Å²) >= 11 is 3.01. The smallest absolute Gasteiger partial charge is 0.326 e. The van der Waals surface area contributed by atoms with E-state index in [1.165, 1.54) is 16.2 Å². The third-order valence-corrected chi connectivity index (χ3v) is 6.74. The van der Waals surface area contributed by atoms with E-state index in [1.54, 1.807) is 16.7 Å². The summed E-state index contributed by atoms with van der Waals surface area (Å²) in [7, 11) is 0. The van der Waals surface area contributed by atoms with Gasteiger partial charge in [0.05, 0.1) is 4.88 Å². The molecule has 0 spiro atoms. The molecule has 1 N–H and O–H groups in total. The lowest BCUT2D eigenvalue weighted by Crippen LogP contribution is -2.43. The fourth-order valence-electron chi connectivity index (χ4n) is 3.86. The number of thiophene rings is 1. The second-order valence-corrected chi connectivity index (χ2v) is 7.92. The van der Waals surface area contributed by atoms with Gasteiger partial charge in [-0.05, 0) is 36.1 Å². The Kier molecular flexibility index (Phi) is 3.69. The third-order valence-electron chi connectivity index (χ3n) is 4.86. The average Bonchev–Trinajstić information content (AvgIpc) is 3.26. The predicted octanol–water partition coefficient (Wildman–Crippen LogP) is 3.20. The molecular formula is C16H16N2O3S2. The van der Waals surface area contributed by atoms with Crippen molar-refractivity contribution >= 4 is 34.6 Å². The molecule has 1 aliphatic carbocycles. The van der Waals surface area contributed by atoms with Gasteiger partial charge in [0.25, 0.3) is 5.91 Å². The van der Waals surface area contributed by atoms with Crippen LogP contribution in [0.2, 0.25) is 0 Å². The minimum absolute atomic E-state index is 0.104. The van der Waals surface area contributed by atoms with Gasteiger partial charge in [0.15, 0.2) is 0 Å². The number of aromatic nitrogens is 1. The maximum atomic E-state index is 12.8. The lowest BCUT2D eigenvalue weighted by molar-refractivity contribution is -0.142. The molecule has 2 fully saturated rings. The van der Waals surface area contributed by atoms with E-state index in [0.29, 0.717) is 18.2 Å². The van der Waals surface area contributed by atoms with Crippen LogP contribution in [0.3, 0.4) is 0 Å². The lowest BCUT2D eigenvalue weighted by Gasteiger charge is -2.23. The predicted molar refractivity (Wildman–Crippen MR) is 88.7 cm³/mol. The second-order valence-electron chi connectivity index (χ2n) is 6.11. The molecule has 2 aromatic rings. The van der Waals surface area contributed by atoms with Crippen LogP contribution in [0, 0.1) is 11.8 Å². The molecular weight excluding hydrogens is 332 g/mol. The molecule has 4 rings (SSSR count). The molecule has 0 radical (unpaired) electrons. The van der Waals surface area contributed by atoms with Gasteiger partial charge in [-0.3, -0.25) is 4.79 Å². The van der Waals surface area contributed by atoms with Gasteiger partial charge in [-0.1, -0.05) is 12.5 Å². The van der Waals surface area contributed by atoms with Gasteiger partial charge in [-0.25, -0.2) is 9.78 Å². The highest BCUT2D eigenvalue weighted by Gasteiger charge is 2.49. The fraction of sp³-hybridized carbons (Fsp3) is 0.438. The Morgan fingerprint density at radius 3 is 2.91 bits per heavy atom. The van der Waals surface area contributed by atoms with Crippen LogP contribution >= 0.6 is 22.7 Å². The minimum atomic E-state index is -0.888. The van der Waals surface area contributed by atoms with Gasteiger partial charge in [0.2, 0.25) is 0 Å². The number of hydrogen-bond donors (Lipinski definition) is 1. The van der Waals surface area contributed by atoms with Gasteiger partial charge in [-0.15, -0.1) is 22.7 Å². The minimum Gasteiger partial charge on any atom is -0.480 e. The molecule has 3 unspecified atom stereocenters. The van der Waals surface area contributed by atoms with Crippen LogP contribution < -0.4 is 0 Å². The highest BCUT2D eigenvalue weighted by molar-refractivity contribution is 7.20.